The zero-order valence-corrected chi connectivity index (χ0v) is 11.2. The molecular formula is C14H20N2O3. The first kappa shape index (κ1) is 15.1. The molecule has 1 rings (SSSR count). The summed E-state index contributed by atoms with van der Waals surface area (Å²) in [5.74, 6) is -1.05. The predicted octanol–water partition coefficient (Wildman–Crippen LogP) is 1.73. The average molecular weight is 264 g/mol. The monoisotopic (exact) mass is 264 g/mol. The lowest BCUT2D eigenvalue weighted by molar-refractivity contribution is -0.144. The van der Waals surface area contributed by atoms with Crippen molar-refractivity contribution in [3.05, 3.63) is 30.1 Å². The van der Waals surface area contributed by atoms with Crippen molar-refractivity contribution >= 4 is 11.9 Å². The van der Waals surface area contributed by atoms with Gasteiger partial charge in [0.2, 0.25) is 5.91 Å². The molecule has 0 aliphatic carbocycles. The molecule has 1 heterocycles. The van der Waals surface area contributed by atoms with Crippen LogP contribution < -0.4 is 0 Å². The second-order valence-corrected chi connectivity index (χ2v) is 4.42. The molecule has 1 aromatic heterocycles. The fraction of sp³-hybridized carbons (Fsp3) is 0.500. The number of aromatic nitrogens is 1. The quantitative estimate of drug-likeness (QED) is 0.776. The summed E-state index contributed by atoms with van der Waals surface area (Å²) in [6, 6.07) is 3.84. The van der Waals surface area contributed by atoms with Gasteiger partial charge in [-0.15, -0.1) is 0 Å². The third kappa shape index (κ3) is 5.99. The third-order valence-electron chi connectivity index (χ3n) is 2.78. The van der Waals surface area contributed by atoms with E-state index in [9.17, 15) is 9.59 Å². The second-order valence-electron chi connectivity index (χ2n) is 4.42. The van der Waals surface area contributed by atoms with Gasteiger partial charge in [-0.25, -0.2) is 0 Å². The topological polar surface area (TPSA) is 70.5 Å². The number of carboxylic acids is 1. The van der Waals surface area contributed by atoms with Gasteiger partial charge in [-0.05, 0) is 37.0 Å². The van der Waals surface area contributed by atoms with E-state index in [2.05, 4.69) is 4.98 Å². The number of carbonyl (C=O) groups is 2. The molecule has 0 unspecified atom stereocenters. The van der Waals surface area contributed by atoms with Crippen molar-refractivity contribution in [2.24, 2.45) is 0 Å². The van der Waals surface area contributed by atoms with E-state index in [4.69, 9.17) is 5.11 Å². The maximum absolute atomic E-state index is 11.9. The second kappa shape index (κ2) is 8.24. The smallest absolute Gasteiger partial charge is 0.323 e. The van der Waals surface area contributed by atoms with Crippen molar-refractivity contribution in [1.82, 2.24) is 9.88 Å². The summed E-state index contributed by atoms with van der Waals surface area (Å²) < 4.78 is 0. The molecule has 0 fully saturated rings. The van der Waals surface area contributed by atoms with Gasteiger partial charge < -0.3 is 10.0 Å². The highest BCUT2D eigenvalue weighted by atomic mass is 16.4. The van der Waals surface area contributed by atoms with E-state index < -0.39 is 5.97 Å². The highest BCUT2D eigenvalue weighted by Gasteiger charge is 2.15. The highest BCUT2D eigenvalue weighted by Crippen LogP contribution is 2.06. The van der Waals surface area contributed by atoms with Gasteiger partial charge in [0.15, 0.2) is 0 Å². The van der Waals surface area contributed by atoms with Crippen LogP contribution in [-0.2, 0) is 16.0 Å². The van der Waals surface area contributed by atoms with Crippen molar-refractivity contribution < 1.29 is 14.7 Å². The molecule has 1 amide bonds. The van der Waals surface area contributed by atoms with Crippen molar-refractivity contribution in [2.45, 2.75) is 32.6 Å². The molecule has 5 nitrogen and oxygen atoms in total. The molecule has 0 aliphatic rings. The van der Waals surface area contributed by atoms with Gasteiger partial charge in [-0.3, -0.25) is 14.6 Å². The van der Waals surface area contributed by atoms with E-state index in [1.165, 1.54) is 4.90 Å². The SMILES string of the molecule is CCCN(CC(=O)O)C(=O)CCCc1ccncc1. The predicted molar refractivity (Wildman–Crippen MR) is 71.7 cm³/mol. The first-order valence-electron chi connectivity index (χ1n) is 6.52. The van der Waals surface area contributed by atoms with Gasteiger partial charge >= 0.3 is 5.97 Å². The summed E-state index contributed by atoms with van der Waals surface area (Å²) in [7, 11) is 0. The minimum atomic E-state index is -0.962. The van der Waals surface area contributed by atoms with Crippen LogP contribution in [0.3, 0.4) is 0 Å². The summed E-state index contributed by atoms with van der Waals surface area (Å²) in [6.07, 6.45) is 6.14. The lowest BCUT2D eigenvalue weighted by atomic mass is 10.1. The molecule has 0 aromatic carbocycles. The van der Waals surface area contributed by atoms with Crippen molar-refractivity contribution in [3.63, 3.8) is 0 Å². The summed E-state index contributed by atoms with van der Waals surface area (Å²) in [4.78, 5) is 27.9. The Balaban J connectivity index is 2.37. The van der Waals surface area contributed by atoms with E-state index in [1.807, 2.05) is 19.1 Å². The number of rotatable bonds is 8. The summed E-state index contributed by atoms with van der Waals surface area (Å²) in [6.45, 7) is 2.22. The Bertz CT molecular complexity index is 406. The van der Waals surface area contributed by atoms with E-state index in [-0.39, 0.29) is 12.5 Å². The average Bonchev–Trinajstić information content (AvgIpc) is 2.39. The Morgan fingerprint density at radius 1 is 1.32 bits per heavy atom. The fourth-order valence-corrected chi connectivity index (χ4v) is 1.88. The molecule has 104 valence electrons. The van der Waals surface area contributed by atoms with Crippen molar-refractivity contribution in [2.75, 3.05) is 13.1 Å². The lowest BCUT2D eigenvalue weighted by Crippen LogP contribution is -2.36. The van der Waals surface area contributed by atoms with Gasteiger partial charge in [-0.1, -0.05) is 6.92 Å². The van der Waals surface area contributed by atoms with E-state index in [0.29, 0.717) is 13.0 Å². The Hall–Kier alpha value is -1.91. The van der Waals surface area contributed by atoms with Crippen LogP contribution >= 0.6 is 0 Å². The van der Waals surface area contributed by atoms with Crippen LogP contribution in [0.25, 0.3) is 0 Å². The Labute approximate surface area is 113 Å². The number of carbonyl (C=O) groups excluding carboxylic acids is 1. The lowest BCUT2D eigenvalue weighted by Gasteiger charge is -2.19. The molecule has 1 N–H and O–H groups in total. The normalized spacial score (nSPS) is 10.2. The standard InChI is InChI=1S/C14H20N2O3/c1-2-10-16(11-14(18)19)13(17)5-3-4-12-6-8-15-9-7-12/h6-9H,2-5,10-11H2,1H3,(H,18,19). The first-order chi connectivity index (χ1) is 9.13. The van der Waals surface area contributed by atoms with Crippen LogP contribution in [-0.4, -0.2) is 40.0 Å². The molecule has 1 aromatic rings. The molecule has 0 radical (unpaired) electrons. The van der Waals surface area contributed by atoms with Crippen LogP contribution in [0.2, 0.25) is 0 Å². The Morgan fingerprint density at radius 3 is 2.58 bits per heavy atom. The number of amides is 1. The first-order valence-corrected chi connectivity index (χ1v) is 6.52. The van der Waals surface area contributed by atoms with E-state index in [1.54, 1.807) is 12.4 Å². The number of carboxylic acid groups (broad SMARTS) is 1. The number of hydrogen-bond acceptors (Lipinski definition) is 3. The van der Waals surface area contributed by atoms with Crippen LogP contribution in [0.15, 0.2) is 24.5 Å². The fourth-order valence-electron chi connectivity index (χ4n) is 1.88. The molecule has 0 spiro atoms. The maximum Gasteiger partial charge on any atom is 0.323 e. The zero-order valence-electron chi connectivity index (χ0n) is 11.2. The van der Waals surface area contributed by atoms with Gasteiger partial charge in [0.25, 0.3) is 0 Å². The molecule has 0 atom stereocenters. The summed E-state index contributed by atoms with van der Waals surface area (Å²) in [5.41, 5.74) is 1.14. The molecule has 0 aliphatic heterocycles. The minimum absolute atomic E-state index is 0.0849. The van der Waals surface area contributed by atoms with Gasteiger partial charge in [-0.2, -0.15) is 0 Å². The van der Waals surface area contributed by atoms with Gasteiger partial charge in [0.1, 0.15) is 6.54 Å². The highest BCUT2D eigenvalue weighted by molar-refractivity contribution is 5.81. The number of aliphatic carboxylic acids is 1. The molecule has 5 heteroatoms. The number of pyridine rings is 1. The summed E-state index contributed by atoms with van der Waals surface area (Å²) in [5, 5.41) is 8.76. The van der Waals surface area contributed by atoms with Gasteiger partial charge in [0, 0.05) is 25.4 Å². The van der Waals surface area contributed by atoms with Crippen molar-refractivity contribution in [3.8, 4) is 0 Å². The van der Waals surface area contributed by atoms with Crippen LogP contribution in [0.1, 0.15) is 31.7 Å². The van der Waals surface area contributed by atoms with Gasteiger partial charge in [0.05, 0.1) is 0 Å². The molecule has 0 saturated carbocycles. The Kier molecular flexibility index (Phi) is 6.57. The molecular weight excluding hydrogens is 244 g/mol. The maximum atomic E-state index is 11.9. The van der Waals surface area contributed by atoms with Crippen LogP contribution in [0.4, 0.5) is 0 Å². The summed E-state index contributed by atoms with van der Waals surface area (Å²) >= 11 is 0. The third-order valence-corrected chi connectivity index (χ3v) is 2.78. The van der Waals surface area contributed by atoms with E-state index in [0.717, 1.165) is 24.8 Å². The molecule has 19 heavy (non-hydrogen) atoms. The number of nitrogens with zero attached hydrogens (tertiary/aromatic N) is 2. The minimum Gasteiger partial charge on any atom is -0.480 e. The van der Waals surface area contributed by atoms with Crippen LogP contribution in [0.5, 0.6) is 0 Å². The number of aryl methyl sites for hydroxylation is 1. The van der Waals surface area contributed by atoms with E-state index >= 15 is 0 Å². The Morgan fingerprint density at radius 2 is 2.00 bits per heavy atom. The van der Waals surface area contributed by atoms with Crippen molar-refractivity contribution in [1.29, 1.82) is 0 Å². The zero-order chi connectivity index (χ0) is 14.1. The molecule has 0 saturated heterocycles. The number of hydrogen-bond donors (Lipinski definition) is 1. The largest absolute Gasteiger partial charge is 0.480 e. The van der Waals surface area contributed by atoms with Crippen LogP contribution in [0, 0.1) is 0 Å². The molecule has 0 bridgehead atoms.